The van der Waals surface area contributed by atoms with Crippen molar-refractivity contribution in [2.24, 2.45) is 0 Å². The van der Waals surface area contributed by atoms with E-state index in [1.807, 2.05) is 31.2 Å². The van der Waals surface area contributed by atoms with E-state index in [0.29, 0.717) is 11.6 Å². The lowest BCUT2D eigenvalue weighted by Gasteiger charge is -2.02. The molecule has 0 spiro atoms. The number of nitrogens with zero attached hydrogens (tertiary/aromatic N) is 1. The number of amides is 1. The zero-order valence-electron chi connectivity index (χ0n) is 11.1. The lowest BCUT2D eigenvalue weighted by atomic mass is 10.3. The maximum Gasteiger partial charge on any atom is 0.226 e. The number of hydrogen-bond donors (Lipinski definition) is 1. The number of aromatic nitrogens is 1. The zero-order valence-corrected chi connectivity index (χ0v) is 13.4. The van der Waals surface area contributed by atoms with Crippen molar-refractivity contribution in [3.63, 3.8) is 0 Å². The van der Waals surface area contributed by atoms with Crippen LogP contribution in [0.4, 0.5) is 5.13 Å². The molecule has 0 fully saturated rings. The summed E-state index contributed by atoms with van der Waals surface area (Å²) in [4.78, 5) is 18.1. The number of aryl methyl sites for hydroxylation is 1. The molecule has 0 bridgehead atoms. The maximum atomic E-state index is 11.7. The second kappa shape index (κ2) is 7.67. The fraction of sp³-hybridized carbons (Fsp3) is 0.286. The van der Waals surface area contributed by atoms with Gasteiger partial charge >= 0.3 is 0 Å². The van der Waals surface area contributed by atoms with Crippen LogP contribution in [0.15, 0.2) is 35.4 Å². The Balaban J connectivity index is 1.65. The van der Waals surface area contributed by atoms with E-state index in [0.717, 1.165) is 22.1 Å². The fourth-order valence-electron chi connectivity index (χ4n) is 1.55. The molecule has 1 heterocycles. The van der Waals surface area contributed by atoms with Crippen LogP contribution in [0.5, 0.6) is 0 Å². The lowest BCUT2D eigenvalue weighted by Crippen LogP contribution is -2.11. The van der Waals surface area contributed by atoms with Gasteiger partial charge in [0.25, 0.3) is 0 Å². The maximum absolute atomic E-state index is 11.7. The predicted molar refractivity (Wildman–Crippen MR) is 86.9 cm³/mol. The molecule has 6 heteroatoms. The van der Waals surface area contributed by atoms with Gasteiger partial charge in [0.15, 0.2) is 5.13 Å². The summed E-state index contributed by atoms with van der Waals surface area (Å²) in [5, 5.41) is 4.23. The van der Waals surface area contributed by atoms with Crippen LogP contribution in [-0.2, 0) is 4.79 Å². The van der Waals surface area contributed by atoms with Gasteiger partial charge in [0.1, 0.15) is 0 Å². The Hall–Kier alpha value is -1.04. The van der Waals surface area contributed by atoms with Crippen LogP contribution in [0.1, 0.15) is 17.7 Å². The first-order chi connectivity index (χ1) is 9.63. The Kier molecular flexibility index (Phi) is 5.88. The van der Waals surface area contributed by atoms with E-state index in [1.54, 1.807) is 18.0 Å². The highest BCUT2D eigenvalue weighted by Gasteiger charge is 2.05. The summed E-state index contributed by atoms with van der Waals surface area (Å²) in [7, 11) is 0. The molecule has 0 saturated heterocycles. The molecule has 1 aromatic carbocycles. The van der Waals surface area contributed by atoms with Crippen LogP contribution in [0, 0.1) is 6.92 Å². The molecule has 0 aliphatic rings. The number of carbonyl (C=O) groups excluding carboxylic acids is 1. The van der Waals surface area contributed by atoms with E-state index < -0.39 is 0 Å². The topological polar surface area (TPSA) is 42.0 Å². The normalized spacial score (nSPS) is 10.5. The average molecular weight is 327 g/mol. The van der Waals surface area contributed by atoms with Gasteiger partial charge in [-0.2, -0.15) is 0 Å². The summed E-state index contributed by atoms with van der Waals surface area (Å²) >= 11 is 9.05. The van der Waals surface area contributed by atoms with E-state index in [1.165, 1.54) is 16.2 Å². The highest BCUT2D eigenvalue weighted by molar-refractivity contribution is 7.99. The molecular formula is C14H15ClN2OS2. The molecule has 1 aromatic heterocycles. The first kappa shape index (κ1) is 15.4. The average Bonchev–Trinajstić information content (AvgIpc) is 2.82. The molecular weight excluding hydrogens is 312 g/mol. The number of thiazole rings is 1. The van der Waals surface area contributed by atoms with Crippen molar-refractivity contribution in [3.05, 3.63) is 40.4 Å². The van der Waals surface area contributed by atoms with Crippen LogP contribution in [0.2, 0.25) is 5.02 Å². The number of hydrogen-bond acceptors (Lipinski definition) is 4. The second-order valence-corrected chi connectivity index (χ2v) is 7.07. The van der Waals surface area contributed by atoms with Crippen molar-refractivity contribution in [1.29, 1.82) is 0 Å². The molecule has 1 amide bonds. The van der Waals surface area contributed by atoms with Gasteiger partial charge in [-0.3, -0.25) is 4.79 Å². The minimum absolute atomic E-state index is 0.0241. The van der Waals surface area contributed by atoms with E-state index >= 15 is 0 Å². The molecule has 0 unspecified atom stereocenters. The van der Waals surface area contributed by atoms with Gasteiger partial charge in [0.2, 0.25) is 5.91 Å². The number of benzene rings is 1. The Morgan fingerprint density at radius 2 is 2.15 bits per heavy atom. The van der Waals surface area contributed by atoms with E-state index in [2.05, 4.69) is 10.3 Å². The summed E-state index contributed by atoms with van der Waals surface area (Å²) < 4.78 is 0. The van der Waals surface area contributed by atoms with Crippen molar-refractivity contribution in [2.75, 3.05) is 11.1 Å². The molecule has 0 saturated carbocycles. The monoisotopic (exact) mass is 326 g/mol. The molecule has 0 aliphatic carbocycles. The molecule has 106 valence electrons. The Labute approximate surface area is 131 Å². The Morgan fingerprint density at radius 3 is 2.80 bits per heavy atom. The molecule has 0 atom stereocenters. The molecule has 0 aliphatic heterocycles. The summed E-state index contributed by atoms with van der Waals surface area (Å²) in [6.45, 7) is 1.97. The number of rotatable bonds is 6. The van der Waals surface area contributed by atoms with E-state index in [9.17, 15) is 4.79 Å². The van der Waals surface area contributed by atoms with Crippen LogP contribution < -0.4 is 5.32 Å². The molecule has 20 heavy (non-hydrogen) atoms. The number of nitrogens with one attached hydrogen (secondary N) is 1. The smallest absolute Gasteiger partial charge is 0.226 e. The Bertz CT molecular complexity index is 569. The molecule has 3 nitrogen and oxygen atoms in total. The summed E-state index contributed by atoms with van der Waals surface area (Å²) in [5.74, 6) is 0.933. The third-order valence-corrected chi connectivity index (χ3v) is 4.68. The molecule has 1 N–H and O–H groups in total. The van der Waals surface area contributed by atoms with Crippen LogP contribution in [0.25, 0.3) is 0 Å². The van der Waals surface area contributed by atoms with Crippen molar-refractivity contribution >= 4 is 45.7 Å². The minimum atomic E-state index is 0.0241. The van der Waals surface area contributed by atoms with Gasteiger partial charge in [-0.05, 0) is 43.4 Å². The number of halogens is 1. The van der Waals surface area contributed by atoms with Crippen LogP contribution >= 0.6 is 34.7 Å². The highest BCUT2D eigenvalue weighted by atomic mass is 35.5. The van der Waals surface area contributed by atoms with Gasteiger partial charge in [-0.1, -0.05) is 11.6 Å². The standard InChI is InChI=1S/C14H15ClN2OS2/c1-10-9-16-14(20-10)17-13(18)3-2-8-19-12-6-4-11(15)5-7-12/h4-7,9H,2-3,8H2,1H3,(H,16,17,18). The summed E-state index contributed by atoms with van der Waals surface area (Å²) in [6, 6.07) is 7.74. The SMILES string of the molecule is Cc1cnc(NC(=O)CCCSc2ccc(Cl)cc2)s1. The van der Waals surface area contributed by atoms with Gasteiger partial charge in [0.05, 0.1) is 0 Å². The van der Waals surface area contributed by atoms with E-state index in [4.69, 9.17) is 11.6 Å². The number of thioether (sulfide) groups is 1. The lowest BCUT2D eigenvalue weighted by molar-refractivity contribution is -0.116. The van der Waals surface area contributed by atoms with Crippen LogP contribution in [-0.4, -0.2) is 16.6 Å². The predicted octanol–water partition coefficient (Wildman–Crippen LogP) is 4.62. The van der Waals surface area contributed by atoms with Crippen LogP contribution in [0.3, 0.4) is 0 Å². The van der Waals surface area contributed by atoms with Gasteiger partial charge in [-0.15, -0.1) is 23.1 Å². The quantitative estimate of drug-likeness (QED) is 0.622. The van der Waals surface area contributed by atoms with E-state index in [-0.39, 0.29) is 5.91 Å². The zero-order chi connectivity index (χ0) is 14.4. The second-order valence-electron chi connectivity index (χ2n) is 4.23. The molecule has 2 rings (SSSR count). The van der Waals surface area contributed by atoms with Crippen molar-refractivity contribution in [2.45, 2.75) is 24.7 Å². The third kappa shape index (κ3) is 5.15. The van der Waals surface area contributed by atoms with Crippen molar-refractivity contribution in [3.8, 4) is 0 Å². The van der Waals surface area contributed by atoms with Crippen molar-refractivity contribution < 1.29 is 4.79 Å². The minimum Gasteiger partial charge on any atom is -0.302 e. The highest BCUT2D eigenvalue weighted by Crippen LogP contribution is 2.22. The fourth-order valence-corrected chi connectivity index (χ4v) is 3.21. The van der Waals surface area contributed by atoms with Gasteiger partial charge in [0, 0.05) is 27.4 Å². The third-order valence-electron chi connectivity index (χ3n) is 2.50. The summed E-state index contributed by atoms with van der Waals surface area (Å²) in [5.41, 5.74) is 0. The molecule has 2 aromatic rings. The van der Waals surface area contributed by atoms with Gasteiger partial charge in [-0.25, -0.2) is 4.98 Å². The molecule has 0 radical (unpaired) electrons. The van der Waals surface area contributed by atoms with Gasteiger partial charge < -0.3 is 5.32 Å². The Morgan fingerprint density at radius 1 is 1.40 bits per heavy atom. The largest absolute Gasteiger partial charge is 0.302 e. The first-order valence-corrected chi connectivity index (χ1v) is 8.42. The van der Waals surface area contributed by atoms with Crippen molar-refractivity contribution in [1.82, 2.24) is 4.98 Å². The number of anilines is 1. The summed E-state index contributed by atoms with van der Waals surface area (Å²) in [6.07, 6.45) is 3.11. The number of carbonyl (C=O) groups is 1. The first-order valence-electron chi connectivity index (χ1n) is 6.24.